The number of aromatic nitrogens is 3. The fraction of sp³-hybridized carbons (Fsp3) is 0.150. The van der Waals surface area contributed by atoms with Gasteiger partial charge in [-0.25, -0.2) is 36.2 Å². The van der Waals surface area contributed by atoms with Crippen molar-refractivity contribution in [2.45, 2.75) is 23.0 Å². The number of amides is 2. The molecule has 18 heteroatoms. The third-order valence-corrected chi connectivity index (χ3v) is 7.35. The standard InChI is InChI=1S/C20H19FN8O7S2/c1-12-24-15-6-7-18(38(34,35)27-26-16(30)11-36-17-10-22-8-9-23-17)25-19(15)20(31)29(12)28-37(32,33)14-4-2-13(21)3-5-14/h2-10,12,24,27-28H,11H2,1H3,(H,26,30). The maximum Gasteiger partial charge on any atom is 0.291 e. The van der Waals surface area contributed by atoms with Crippen LogP contribution in [-0.2, 0) is 24.8 Å². The number of halogens is 1. The molecule has 4 N–H and O–H groups in total. The molecule has 4 rings (SSSR count). The maximum atomic E-state index is 13.2. The second-order valence-electron chi connectivity index (χ2n) is 7.58. The highest BCUT2D eigenvalue weighted by molar-refractivity contribution is 7.89. The molecule has 0 aliphatic carbocycles. The number of hydrazine groups is 2. The highest BCUT2D eigenvalue weighted by Crippen LogP contribution is 2.25. The Hall–Kier alpha value is -4.26. The van der Waals surface area contributed by atoms with Gasteiger partial charge >= 0.3 is 0 Å². The summed E-state index contributed by atoms with van der Waals surface area (Å²) in [6.45, 7) is 0.890. The molecule has 38 heavy (non-hydrogen) atoms. The first kappa shape index (κ1) is 26.8. The van der Waals surface area contributed by atoms with E-state index in [4.69, 9.17) is 4.74 Å². The molecule has 0 bridgehead atoms. The molecule has 3 heterocycles. The summed E-state index contributed by atoms with van der Waals surface area (Å²) in [4.78, 5) is 40.0. The van der Waals surface area contributed by atoms with Crippen LogP contribution in [0.2, 0.25) is 0 Å². The van der Waals surface area contributed by atoms with Crippen LogP contribution < -0.4 is 25.1 Å². The number of carbonyl (C=O) groups is 2. The molecule has 1 aliphatic heterocycles. The SMILES string of the molecule is CC1Nc2ccc(S(=O)(=O)NNC(=O)COc3cnccn3)nc2C(=O)N1NS(=O)(=O)c1ccc(F)cc1. The van der Waals surface area contributed by atoms with Gasteiger partial charge in [0.15, 0.2) is 17.3 Å². The molecule has 0 radical (unpaired) electrons. The number of fused-ring (bicyclic) bond motifs is 1. The van der Waals surface area contributed by atoms with Gasteiger partial charge in [-0.3, -0.25) is 20.0 Å². The minimum atomic E-state index is -4.46. The summed E-state index contributed by atoms with van der Waals surface area (Å²) in [6.07, 6.45) is 3.08. The Labute approximate surface area is 215 Å². The van der Waals surface area contributed by atoms with Crippen LogP contribution in [0.1, 0.15) is 17.4 Å². The van der Waals surface area contributed by atoms with Crippen LogP contribution in [0.15, 0.2) is 64.9 Å². The van der Waals surface area contributed by atoms with Crippen LogP contribution in [0, 0.1) is 5.82 Å². The lowest BCUT2D eigenvalue weighted by molar-refractivity contribution is -0.123. The topological polar surface area (TPSA) is 202 Å². The minimum Gasteiger partial charge on any atom is -0.466 e. The van der Waals surface area contributed by atoms with E-state index in [-0.39, 0.29) is 16.5 Å². The summed E-state index contributed by atoms with van der Waals surface area (Å²) in [6, 6.07) is 6.25. The third kappa shape index (κ3) is 5.99. The normalized spacial score (nSPS) is 15.4. The number of carbonyl (C=O) groups excluding carboxylic acids is 2. The smallest absolute Gasteiger partial charge is 0.291 e. The highest BCUT2D eigenvalue weighted by atomic mass is 32.2. The molecule has 200 valence electrons. The molecule has 0 spiro atoms. The molecule has 0 fully saturated rings. The Morgan fingerprint density at radius 1 is 1.11 bits per heavy atom. The van der Waals surface area contributed by atoms with Gasteiger partial charge < -0.3 is 10.1 Å². The predicted octanol–water partition coefficient (Wildman–Crippen LogP) is -0.494. The molecule has 2 amide bonds. The summed E-state index contributed by atoms with van der Waals surface area (Å²) in [5, 5.41) is 2.88. The van der Waals surface area contributed by atoms with Crippen molar-refractivity contribution >= 4 is 37.5 Å². The molecule has 15 nitrogen and oxygen atoms in total. The van der Waals surface area contributed by atoms with Crippen LogP contribution in [0.3, 0.4) is 0 Å². The number of hydrogen-bond acceptors (Lipinski definition) is 11. The lowest BCUT2D eigenvalue weighted by Gasteiger charge is -2.34. The maximum absolute atomic E-state index is 13.2. The van der Waals surface area contributed by atoms with Gasteiger partial charge in [-0.15, -0.1) is 9.66 Å². The van der Waals surface area contributed by atoms with Gasteiger partial charge in [0.2, 0.25) is 5.88 Å². The van der Waals surface area contributed by atoms with E-state index in [2.05, 4.69) is 25.1 Å². The van der Waals surface area contributed by atoms with Gasteiger partial charge in [0.25, 0.3) is 31.9 Å². The van der Waals surface area contributed by atoms with E-state index in [1.165, 1.54) is 31.6 Å². The zero-order valence-electron chi connectivity index (χ0n) is 19.3. The van der Waals surface area contributed by atoms with Crippen LogP contribution in [-0.4, -0.2) is 61.4 Å². The van der Waals surface area contributed by atoms with Crippen LogP contribution in [0.5, 0.6) is 5.88 Å². The Kier molecular flexibility index (Phi) is 7.49. The van der Waals surface area contributed by atoms with Crippen molar-refractivity contribution in [3.05, 3.63) is 66.5 Å². The molecule has 1 aliphatic rings. The van der Waals surface area contributed by atoms with Crippen LogP contribution >= 0.6 is 0 Å². The van der Waals surface area contributed by atoms with E-state index in [9.17, 15) is 30.8 Å². The summed E-state index contributed by atoms with van der Waals surface area (Å²) in [7, 11) is -8.76. The van der Waals surface area contributed by atoms with Crippen molar-refractivity contribution in [1.82, 2.24) is 35.0 Å². The van der Waals surface area contributed by atoms with Gasteiger partial charge in [0.1, 0.15) is 12.0 Å². The highest BCUT2D eigenvalue weighted by Gasteiger charge is 2.35. The Balaban J connectivity index is 1.47. The molecule has 1 unspecified atom stereocenters. The summed E-state index contributed by atoms with van der Waals surface area (Å²) in [5.41, 5.74) is 1.66. The molecule has 1 atom stereocenters. The number of sulfonamides is 2. The second kappa shape index (κ2) is 10.6. The number of nitrogens with zero attached hydrogens (tertiary/aromatic N) is 4. The monoisotopic (exact) mass is 566 g/mol. The number of rotatable bonds is 9. The number of benzene rings is 1. The molecule has 1 aromatic carbocycles. The number of ether oxygens (including phenoxy) is 1. The van der Waals surface area contributed by atoms with E-state index in [1.807, 2.05) is 10.3 Å². The predicted molar refractivity (Wildman–Crippen MR) is 126 cm³/mol. The van der Waals surface area contributed by atoms with E-state index in [0.717, 1.165) is 30.3 Å². The van der Waals surface area contributed by atoms with Gasteiger partial charge in [-0.05, 0) is 43.3 Å². The summed E-state index contributed by atoms with van der Waals surface area (Å²) in [5.74, 6) is -2.44. The second-order valence-corrected chi connectivity index (χ2v) is 10.9. The van der Waals surface area contributed by atoms with E-state index in [1.54, 1.807) is 0 Å². The van der Waals surface area contributed by atoms with Crippen molar-refractivity contribution in [1.29, 1.82) is 0 Å². The molecule has 0 saturated carbocycles. The number of nitrogens with one attached hydrogen (secondary N) is 4. The molecular weight excluding hydrogens is 547 g/mol. The number of anilines is 1. The Bertz CT molecular complexity index is 1570. The van der Waals surface area contributed by atoms with Gasteiger partial charge in [-0.2, -0.15) is 0 Å². The first-order chi connectivity index (χ1) is 18.0. The molecular formula is C20H19FN8O7S2. The lowest BCUT2D eigenvalue weighted by atomic mass is 10.2. The van der Waals surface area contributed by atoms with E-state index in [0.29, 0.717) is 5.01 Å². The lowest BCUT2D eigenvalue weighted by Crippen LogP contribution is -2.56. The molecule has 0 saturated heterocycles. The largest absolute Gasteiger partial charge is 0.466 e. The van der Waals surface area contributed by atoms with Crippen molar-refractivity contribution in [2.24, 2.45) is 0 Å². The fourth-order valence-electron chi connectivity index (χ4n) is 3.08. The first-order valence-corrected chi connectivity index (χ1v) is 13.5. The van der Waals surface area contributed by atoms with Crippen LogP contribution in [0.4, 0.5) is 10.1 Å². The van der Waals surface area contributed by atoms with Crippen molar-refractivity contribution < 1.29 is 35.6 Å². The fourth-order valence-corrected chi connectivity index (χ4v) is 4.99. The van der Waals surface area contributed by atoms with Crippen molar-refractivity contribution in [2.75, 3.05) is 11.9 Å². The van der Waals surface area contributed by atoms with Crippen molar-refractivity contribution in [3.8, 4) is 5.88 Å². The summed E-state index contributed by atoms with van der Waals surface area (Å²) < 4.78 is 68.9. The van der Waals surface area contributed by atoms with Crippen LogP contribution in [0.25, 0.3) is 0 Å². The minimum absolute atomic E-state index is 0.0432. The number of hydrogen-bond donors (Lipinski definition) is 4. The molecule has 2 aromatic heterocycles. The van der Waals surface area contributed by atoms with Gasteiger partial charge in [0, 0.05) is 12.4 Å². The zero-order valence-corrected chi connectivity index (χ0v) is 21.0. The summed E-state index contributed by atoms with van der Waals surface area (Å²) >= 11 is 0. The average Bonchev–Trinajstić information content (AvgIpc) is 2.89. The first-order valence-electron chi connectivity index (χ1n) is 10.5. The van der Waals surface area contributed by atoms with Gasteiger partial charge in [0.05, 0.1) is 16.8 Å². The Morgan fingerprint density at radius 3 is 2.53 bits per heavy atom. The average molecular weight is 567 g/mol. The Morgan fingerprint density at radius 2 is 1.84 bits per heavy atom. The number of pyridine rings is 1. The van der Waals surface area contributed by atoms with E-state index < -0.39 is 61.2 Å². The van der Waals surface area contributed by atoms with E-state index >= 15 is 0 Å². The third-order valence-electron chi connectivity index (χ3n) is 4.88. The van der Waals surface area contributed by atoms with Gasteiger partial charge in [-0.1, -0.05) is 0 Å². The van der Waals surface area contributed by atoms with Crippen molar-refractivity contribution in [3.63, 3.8) is 0 Å². The molecule has 3 aromatic rings. The zero-order chi connectivity index (χ0) is 27.5. The quantitative estimate of drug-likeness (QED) is 0.243.